The number of aliphatic hydroxyl groups is 1. The second-order valence-electron chi connectivity index (χ2n) is 7.03. The quantitative estimate of drug-likeness (QED) is 0.854. The van der Waals surface area contributed by atoms with Gasteiger partial charge in [-0.25, -0.2) is 9.37 Å². The normalized spacial score (nSPS) is 20.3. The highest BCUT2D eigenvalue weighted by Crippen LogP contribution is 2.28. The zero-order valence-corrected chi connectivity index (χ0v) is 14.8. The van der Waals surface area contributed by atoms with Crippen LogP contribution in [0, 0.1) is 12.7 Å². The summed E-state index contributed by atoms with van der Waals surface area (Å²) in [6.45, 7) is 4.86. The highest BCUT2D eigenvalue weighted by molar-refractivity contribution is 5.47. The molecule has 1 aromatic heterocycles. The second-order valence-corrected chi connectivity index (χ2v) is 7.03. The van der Waals surface area contributed by atoms with Crippen LogP contribution >= 0.6 is 0 Å². The van der Waals surface area contributed by atoms with E-state index in [1.54, 1.807) is 13.0 Å². The van der Waals surface area contributed by atoms with Crippen LogP contribution in [0.3, 0.4) is 0 Å². The van der Waals surface area contributed by atoms with Crippen LogP contribution in [0.1, 0.15) is 29.2 Å². The number of aliphatic hydroxyl groups excluding tert-OH is 1. The lowest BCUT2D eigenvalue weighted by Gasteiger charge is -2.36. The summed E-state index contributed by atoms with van der Waals surface area (Å²) in [7, 11) is 0. The van der Waals surface area contributed by atoms with E-state index in [1.165, 1.54) is 6.07 Å². The van der Waals surface area contributed by atoms with Crippen molar-refractivity contribution >= 4 is 11.8 Å². The van der Waals surface area contributed by atoms with Gasteiger partial charge in [0.05, 0.1) is 18.4 Å². The first-order valence-electron chi connectivity index (χ1n) is 8.97. The smallest absolute Gasteiger partial charge is 0.227 e. The number of hydrogen-bond acceptors (Lipinski definition) is 6. The highest BCUT2D eigenvalue weighted by atomic mass is 19.1. The Balaban J connectivity index is 1.54. The van der Waals surface area contributed by atoms with E-state index >= 15 is 0 Å². The van der Waals surface area contributed by atoms with Crippen molar-refractivity contribution in [3.8, 4) is 0 Å². The van der Waals surface area contributed by atoms with Crippen molar-refractivity contribution in [2.75, 3.05) is 36.5 Å². The van der Waals surface area contributed by atoms with E-state index in [4.69, 9.17) is 4.74 Å². The fourth-order valence-electron chi connectivity index (χ4n) is 3.29. The average molecular weight is 358 g/mol. The molecule has 2 saturated heterocycles. The minimum Gasteiger partial charge on any atom is -0.389 e. The van der Waals surface area contributed by atoms with E-state index in [1.807, 2.05) is 17.0 Å². The first-order chi connectivity index (χ1) is 12.6. The number of anilines is 2. The Bertz CT molecular complexity index is 789. The Morgan fingerprint density at radius 2 is 2.15 bits per heavy atom. The van der Waals surface area contributed by atoms with Crippen molar-refractivity contribution in [2.45, 2.75) is 31.9 Å². The number of aromatic nitrogens is 2. The number of halogens is 1. The molecule has 138 valence electrons. The maximum Gasteiger partial charge on any atom is 0.227 e. The van der Waals surface area contributed by atoms with Crippen LogP contribution in [0.25, 0.3) is 0 Å². The molecule has 6 nitrogen and oxygen atoms in total. The number of nitrogens with zero attached hydrogens (tertiary/aromatic N) is 3. The SMILES string of the molecule is Cc1cc(CNc2cc(C3CCOC3)nc(N3CC(O)C3)n2)ccc1F. The lowest BCUT2D eigenvalue weighted by Crippen LogP contribution is -2.51. The predicted octanol–water partition coefficient (Wildman–Crippen LogP) is 2.22. The molecule has 2 fully saturated rings. The predicted molar refractivity (Wildman–Crippen MR) is 96.9 cm³/mol. The zero-order chi connectivity index (χ0) is 18.1. The molecule has 0 aliphatic carbocycles. The van der Waals surface area contributed by atoms with Crippen molar-refractivity contribution < 1.29 is 14.2 Å². The van der Waals surface area contributed by atoms with Crippen molar-refractivity contribution in [1.82, 2.24) is 9.97 Å². The van der Waals surface area contributed by atoms with Gasteiger partial charge in [-0.15, -0.1) is 0 Å². The van der Waals surface area contributed by atoms with Gasteiger partial charge in [-0.2, -0.15) is 4.98 Å². The number of benzene rings is 1. The van der Waals surface area contributed by atoms with E-state index in [-0.39, 0.29) is 17.8 Å². The molecule has 0 spiro atoms. The molecular formula is C19H23FN4O2. The zero-order valence-electron chi connectivity index (χ0n) is 14.8. The summed E-state index contributed by atoms with van der Waals surface area (Å²) in [6.07, 6.45) is 0.644. The molecule has 3 heterocycles. The van der Waals surface area contributed by atoms with Gasteiger partial charge >= 0.3 is 0 Å². The third-order valence-corrected chi connectivity index (χ3v) is 4.92. The fourth-order valence-corrected chi connectivity index (χ4v) is 3.29. The first-order valence-corrected chi connectivity index (χ1v) is 8.97. The monoisotopic (exact) mass is 358 g/mol. The Morgan fingerprint density at radius 1 is 1.31 bits per heavy atom. The Morgan fingerprint density at radius 3 is 2.85 bits per heavy atom. The third-order valence-electron chi connectivity index (χ3n) is 4.92. The molecular weight excluding hydrogens is 335 g/mol. The molecule has 4 rings (SSSR count). The lowest BCUT2D eigenvalue weighted by atomic mass is 10.0. The minimum atomic E-state index is -0.310. The number of β-amino-alcohol motifs (C(OH)–C–C–N with tert-alkyl or cyclic N) is 1. The van der Waals surface area contributed by atoms with Crippen LogP contribution < -0.4 is 10.2 Å². The van der Waals surface area contributed by atoms with Crippen molar-refractivity contribution in [3.05, 3.63) is 46.9 Å². The standard InChI is InChI=1S/C19H23FN4O2/c1-12-6-13(2-3-16(12)20)8-21-18-7-17(14-4-5-26-11-14)22-19(23-18)24-9-15(25)10-24/h2-3,6-7,14-15,25H,4-5,8-11H2,1H3,(H,21,22,23). The average Bonchev–Trinajstić information content (AvgIpc) is 3.14. The number of hydrogen-bond donors (Lipinski definition) is 2. The van der Waals surface area contributed by atoms with Crippen LogP contribution in [0.15, 0.2) is 24.3 Å². The molecule has 1 aromatic carbocycles. The van der Waals surface area contributed by atoms with Crippen molar-refractivity contribution in [2.24, 2.45) is 0 Å². The van der Waals surface area contributed by atoms with Gasteiger partial charge in [0, 0.05) is 38.2 Å². The van der Waals surface area contributed by atoms with E-state index in [0.29, 0.717) is 37.8 Å². The molecule has 0 radical (unpaired) electrons. The second kappa shape index (κ2) is 7.17. The summed E-state index contributed by atoms with van der Waals surface area (Å²) in [5.41, 5.74) is 2.59. The Hall–Kier alpha value is -2.25. The summed E-state index contributed by atoms with van der Waals surface area (Å²) in [6, 6.07) is 7.06. The fraction of sp³-hybridized carbons (Fsp3) is 0.474. The topological polar surface area (TPSA) is 70.5 Å². The van der Waals surface area contributed by atoms with Gasteiger partial charge in [-0.3, -0.25) is 0 Å². The highest BCUT2D eigenvalue weighted by Gasteiger charge is 2.28. The van der Waals surface area contributed by atoms with Gasteiger partial charge in [0.25, 0.3) is 0 Å². The summed E-state index contributed by atoms with van der Waals surface area (Å²) in [5.74, 6) is 1.45. The van der Waals surface area contributed by atoms with Crippen molar-refractivity contribution in [3.63, 3.8) is 0 Å². The van der Waals surface area contributed by atoms with Gasteiger partial charge in [-0.05, 0) is 30.5 Å². The molecule has 2 aliphatic heterocycles. The van der Waals surface area contributed by atoms with Crippen LogP contribution in [-0.4, -0.2) is 47.5 Å². The molecule has 0 bridgehead atoms. The third kappa shape index (κ3) is 3.64. The molecule has 1 atom stereocenters. The Kier molecular flexibility index (Phi) is 4.74. The molecule has 26 heavy (non-hydrogen) atoms. The van der Waals surface area contributed by atoms with Crippen LogP contribution in [0.5, 0.6) is 0 Å². The van der Waals surface area contributed by atoms with Gasteiger partial charge in [-0.1, -0.05) is 12.1 Å². The van der Waals surface area contributed by atoms with Gasteiger partial charge < -0.3 is 20.1 Å². The first kappa shape index (κ1) is 17.2. The van der Waals surface area contributed by atoms with Gasteiger partial charge in [0.2, 0.25) is 5.95 Å². The van der Waals surface area contributed by atoms with E-state index < -0.39 is 0 Å². The van der Waals surface area contributed by atoms with E-state index in [9.17, 15) is 9.50 Å². The number of aryl methyl sites for hydroxylation is 1. The molecule has 2 aromatic rings. The summed E-state index contributed by atoms with van der Waals surface area (Å²) >= 11 is 0. The Labute approximate surface area is 152 Å². The lowest BCUT2D eigenvalue weighted by molar-refractivity contribution is 0.140. The maximum atomic E-state index is 13.4. The molecule has 0 amide bonds. The summed E-state index contributed by atoms with van der Waals surface area (Å²) in [4.78, 5) is 11.3. The van der Waals surface area contributed by atoms with Gasteiger partial charge in [0.15, 0.2) is 0 Å². The van der Waals surface area contributed by atoms with Crippen molar-refractivity contribution in [1.29, 1.82) is 0 Å². The molecule has 1 unspecified atom stereocenters. The molecule has 2 N–H and O–H groups in total. The molecule has 0 saturated carbocycles. The van der Waals surface area contributed by atoms with Gasteiger partial charge in [0.1, 0.15) is 11.6 Å². The molecule has 2 aliphatic rings. The number of rotatable bonds is 5. The minimum absolute atomic E-state index is 0.196. The molecule has 7 heteroatoms. The summed E-state index contributed by atoms with van der Waals surface area (Å²) in [5, 5.41) is 12.9. The van der Waals surface area contributed by atoms with Crippen LogP contribution in [0.4, 0.5) is 16.2 Å². The largest absolute Gasteiger partial charge is 0.389 e. The van der Waals surface area contributed by atoms with Crippen LogP contribution in [-0.2, 0) is 11.3 Å². The number of ether oxygens (including phenoxy) is 1. The number of nitrogens with one attached hydrogen (secondary N) is 1. The van der Waals surface area contributed by atoms with Crippen LogP contribution in [0.2, 0.25) is 0 Å². The maximum absolute atomic E-state index is 13.4. The summed E-state index contributed by atoms with van der Waals surface area (Å²) < 4.78 is 18.9. The van der Waals surface area contributed by atoms with E-state index in [0.717, 1.165) is 30.1 Å². The van der Waals surface area contributed by atoms with E-state index in [2.05, 4.69) is 15.3 Å².